The van der Waals surface area contributed by atoms with E-state index in [0.29, 0.717) is 15.3 Å². The van der Waals surface area contributed by atoms with Gasteiger partial charge in [0.2, 0.25) is 12.7 Å². The number of nitrogens with zero attached hydrogens (tertiary/aromatic N) is 3. The van der Waals surface area contributed by atoms with Crippen molar-refractivity contribution in [2.24, 2.45) is 17.8 Å². The van der Waals surface area contributed by atoms with Gasteiger partial charge in [0.05, 0.1) is 22.9 Å². The molecule has 1 aliphatic carbocycles. The predicted molar refractivity (Wildman–Crippen MR) is 136 cm³/mol. The summed E-state index contributed by atoms with van der Waals surface area (Å²) in [5.41, 5.74) is 0.532. The van der Waals surface area contributed by atoms with Crippen LogP contribution in [-0.2, 0) is 33.7 Å². The number of aromatic nitrogens is 2. The zero-order valence-electron chi connectivity index (χ0n) is 21.5. The molecule has 1 saturated carbocycles. The second-order valence-corrected chi connectivity index (χ2v) is 13.4. The van der Waals surface area contributed by atoms with E-state index in [-0.39, 0.29) is 29.0 Å². The third-order valence-electron chi connectivity index (χ3n) is 7.75. The Labute approximate surface area is 224 Å². The fourth-order valence-electron chi connectivity index (χ4n) is 5.94. The average molecular weight is 566 g/mol. The van der Waals surface area contributed by atoms with Crippen LogP contribution in [0.15, 0.2) is 23.2 Å². The number of fused-ring (bicyclic) bond motifs is 2. The maximum atomic E-state index is 13.3. The van der Waals surface area contributed by atoms with E-state index in [0.717, 1.165) is 43.3 Å². The number of β-lactam (4-membered cyclic amide) rings is 1. The van der Waals surface area contributed by atoms with Gasteiger partial charge in [-0.15, -0.1) is 11.3 Å². The summed E-state index contributed by atoms with van der Waals surface area (Å²) in [6.07, 6.45) is 8.83. The van der Waals surface area contributed by atoms with Crippen LogP contribution < -0.4 is 0 Å². The van der Waals surface area contributed by atoms with Crippen LogP contribution in [0.5, 0.6) is 0 Å². The molecule has 1 amide bonds. The highest BCUT2D eigenvalue weighted by Gasteiger charge is 2.60. The van der Waals surface area contributed by atoms with E-state index in [1.165, 1.54) is 24.6 Å². The van der Waals surface area contributed by atoms with Crippen molar-refractivity contribution in [2.45, 2.75) is 69.5 Å². The summed E-state index contributed by atoms with van der Waals surface area (Å²) in [6.45, 7) is 2.81. The number of aliphatic hydroxyl groups is 1. The van der Waals surface area contributed by atoms with Gasteiger partial charge in [0.1, 0.15) is 16.9 Å². The summed E-state index contributed by atoms with van der Waals surface area (Å²) in [4.78, 5) is 44.8. The lowest BCUT2D eigenvalue weighted by Crippen LogP contribution is -2.63. The molecule has 0 radical (unpaired) electrons. The fourth-order valence-corrected chi connectivity index (χ4v) is 8.30. The molecule has 0 unspecified atom stereocenters. The second kappa shape index (κ2) is 10.1. The number of sulfone groups is 1. The Bertz CT molecular complexity index is 1420. The largest absolute Gasteiger partial charge is 0.428 e. The number of rotatable bonds is 8. The van der Waals surface area contributed by atoms with Gasteiger partial charge >= 0.3 is 11.9 Å². The number of amides is 1. The first kappa shape index (κ1) is 26.8. The van der Waals surface area contributed by atoms with E-state index in [2.05, 4.69) is 4.98 Å². The van der Waals surface area contributed by atoms with Crippen molar-refractivity contribution in [3.63, 3.8) is 0 Å². The zero-order chi connectivity index (χ0) is 27.4. The summed E-state index contributed by atoms with van der Waals surface area (Å²) in [6, 6.07) is -0.456. The molecule has 38 heavy (non-hydrogen) atoms. The van der Waals surface area contributed by atoms with Crippen LogP contribution in [0.2, 0.25) is 0 Å². The summed E-state index contributed by atoms with van der Waals surface area (Å²) in [5, 5.41) is 10.1. The van der Waals surface area contributed by atoms with E-state index in [1.54, 1.807) is 10.6 Å². The molecule has 4 atom stereocenters. The van der Waals surface area contributed by atoms with Crippen LogP contribution in [0.4, 0.5) is 0 Å². The van der Waals surface area contributed by atoms with Gasteiger partial charge in [0.15, 0.2) is 14.9 Å². The third-order valence-corrected chi connectivity index (χ3v) is 10.0. The van der Waals surface area contributed by atoms with E-state index in [1.807, 2.05) is 6.92 Å². The molecule has 1 N–H and O–H groups in total. The highest BCUT2D eigenvalue weighted by molar-refractivity contribution is 7.91. The highest BCUT2D eigenvalue weighted by atomic mass is 32.2. The van der Waals surface area contributed by atoms with Crippen LogP contribution in [0, 0.1) is 17.8 Å². The molecule has 0 bridgehead atoms. The number of carbonyl (C=O) groups is 3. The molecule has 2 fully saturated rings. The standard InChI is InChI=1S/C25H31N3O8S2/c1-13-18(16-10-27-11-26-22(24(27)37-16)38(3,33)34)21(28-20(13)19(14(2)29)23(28)31)25(32)36-12-35-17(30)9-15-7-5-4-6-8-15/h10-11,13-15,19-20,29H,4-9,12H2,1-3H3/t13-,14+,19+,20+/m0/s1. The molecule has 0 aromatic carbocycles. The summed E-state index contributed by atoms with van der Waals surface area (Å²) in [5.74, 6) is -2.39. The van der Waals surface area contributed by atoms with E-state index in [4.69, 9.17) is 9.47 Å². The summed E-state index contributed by atoms with van der Waals surface area (Å²) in [7, 11) is -3.58. The second-order valence-electron chi connectivity index (χ2n) is 10.4. The number of aliphatic hydroxyl groups excluding tert-OH is 1. The monoisotopic (exact) mass is 565 g/mol. The van der Waals surface area contributed by atoms with Crippen LogP contribution >= 0.6 is 11.3 Å². The Hall–Kier alpha value is -2.77. The van der Waals surface area contributed by atoms with Crippen LogP contribution in [0.1, 0.15) is 57.2 Å². The van der Waals surface area contributed by atoms with E-state index in [9.17, 15) is 27.9 Å². The van der Waals surface area contributed by atoms with Crippen LogP contribution in [0.25, 0.3) is 10.4 Å². The molecule has 2 aromatic rings. The van der Waals surface area contributed by atoms with Crippen molar-refractivity contribution in [1.82, 2.24) is 14.3 Å². The number of imidazole rings is 1. The minimum Gasteiger partial charge on any atom is -0.428 e. The number of carbonyl (C=O) groups excluding carboxylic acids is 3. The highest BCUT2D eigenvalue weighted by Crippen LogP contribution is 2.52. The van der Waals surface area contributed by atoms with Crippen LogP contribution in [-0.4, -0.2) is 70.8 Å². The van der Waals surface area contributed by atoms with Crippen molar-refractivity contribution in [3.05, 3.63) is 23.1 Å². The van der Waals surface area contributed by atoms with E-state index < -0.39 is 52.5 Å². The number of esters is 2. The molecule has 13 heteroatoms. The first-order valence-corrected chi connectivity index (χ1v) is 15.4. The van der Waals surface area contributed by atoms with Crippen molar-refractivity contribution in [2.75, 3.05) is 13.0 Å². The number of hydrogen-bond acceptors (Lipinski definition) is 10. The molecule has 4 heterocycles. The number of ether oxygens (including phenoxy) is 2. The van der Waals surface area contributed by atoms with Crippen molar-refractivity contribution in [1.29, 1.82) is 0 Å². The van der Waals surface area contributed by atoms with Crippen molar-refractivity contribution in [3.8, 4) is 0 Å². The van der Waals surface area contributed by atoms with Crippen molar-refractivity contribution >= 4 is 49.4 Å². The molecule has 1 saturated heterocycles. The summed E-state index contributed by atoms with van der Waals surface area (Å²) >= 11 is 1.14. The normalized spacial score (nSPS) is 24.9. The Balaban J connectivity index is 1.40. The fraction of sp³-hybridized carbons (Fsp3) is 0.600. The first-order valence-electron chi connectivity index (χ1n) is 12.7. The van der Waals surface area contributed by atoms with Gasteiger partial charge in [-0.1, -0.05) is 26.2 Å². The number of hydrogen-bond donors (Lipinski definition) is 1. The smallest absolute Gasteiger partial charge is 0.358 e. The Kier molecular flexibility index (Phi) is 7.12. The van der Waals surface area contributed by atoms with Gasteiger partial charge in [-0.3, -0.25) is 14.0 Å². The van der Waals surface area contributed by atoms with Gasteiger partial charge in [-0.2, -0.15) is 0 Å². The minimum absolute atomic E-state index is 0.0195. The van der Waals surface area contributed by atoms with E-state index >= 15 is 0 Å². The zero-order valence-corrected chi connectivity index (χ0v) is 23.1. The van der Waals surface area contributed by atoms with Crippen LogP contribution in [0.3, 0.4) is 0 Å². The van der Waals surface area contributed by atoms with Gasteiger partial charge in [0, 0.05) is 30.4 Å². The SMILES string of the molecule is C[C@@H](O)[C@H]1C(=O)N2C(C(=O)OCOC(=O)CC3CCCCC3)=C(c3cn4cnc(S(C)(=O)=O)c4s3)[C@H](C)[C@H]12. The topological polar surface area (TPSA) is 145 Å². The third kappa shape index (κ3) is 4.64. The lowest BCUT2D eigenvalue weighted by atomic mass is 9.77. The maximum Gasteiger partial charge on any atom is 0.358 e. The van der Waals surface area contributed by atoms with Gasteiger partial charge in [0.25, 0.3) is 0 Å². The first-order chi connectivity index (χ1) is 18.0. The molecule has 206 valence electrons. The molecule has 3 aliphatic rings. The van der Waals surface area contributed by atoms with Crippen molar-refractivity contribution < 1.29 is 37.4 Å². The predicted octanol–water partition coefficient (Wildman–Crippen LogP) is 2.38. The maximum absolute atomic E-state index is 13.3. The molecular formula is C25H31N3O8S2. The quantitative estimate of drug-likeness (QED) is 0.290. The Morgan fingerprint density at radius 2 is 1.95 bits per heavy atom. The molecular weight excluding hydrogens is 534 g/mol. The molecule has 0 spiro atoms. The summed E-state index contributed by atoms with van der Waals surface area (Å²) < 4.78 is 36.4. The molecule has 2 aliphatic heterocycles. The molecule has 2 aromatic heterocycles. The van der Waals surface area contributed by atoms with Gasteiger partial charge in [-0.25, -0.2) is 18.2 Å². The lowest BCUT2D eigenvalue weighted by molar-refractivity contribution is -0.172. The van der Waals surface area contributed by atoms with Gasteiger partial charge < -0.3 is 19.5 Å². The Morgan fingerprint density at radius 3 is 2.61 bits per heavy atom. The average Bonchev–Trinajstić information content (AvgIpc) is 3.48. The lowest BCUT2D eigenvalue weighted by Gasteiger charge is -2.46. The molecule has 5 rings (SSSR count). The number of thiazole rings is 1. The molecule has 11 nitrogen and oxygen atoms in total. The Morgan fingerprint density at radius 1 is 1.24 bits per heavy atom. The minimum atomic E-state index is -3.58. The van der Waals surface area contributed by atoms with Gasteiger partial charge in [-0.05, 0) is 25.7 Å².